The van der Waals surface area contributed by atoms with Crippen LogP contribution in [0.15, 0.2) is 25.3 Å². The Morgan fingerprint density at radius 2 is 1.11 bits per heavy atom. The van der Waals surface area contributed by atoms with Crippen molar-refractivity contribution >= 4 is 11.9 Å². The van der Waals surface area contributed by atoms with Crippen molar-refractivity contribution in [1.29, 1.82) is 0 Å². The summed E-state index contributed by atoms with van der Waals surface area (Å²) >= 11 is 0. The average Bonchev–Trinajstić information content (AvgIpc) is 3.76. The smallest absolute Gasteiger partial charge is 0.429 e. The lowest BCUT2D eigenvalue weighted by Gasteiger charge is -2.45. The molecule has 0 aliphatic heterocycles. The Balaban J connectivity index is 0.000000352. The largest absolute Gasteiger partial charge is 0.466 e. The second-order valence-corrected chi connectivity index (χ2v) is 11.6. The van der Waals surface area contributed by atoms with Gasteiger partial charge >= 0.3 is 36.6 Å². The molecule has 0 radical (unpaired) electrons. The van der Waals surface area contributed by atoms with Crippen LogP contribution in [0.1, 0.15) is 51.4 Å². The molecular weight excluding hydrogens is 679 g/mol. The van der Waals surface area contributed by atoms with Crippen LogP contribution in [0.5, 0.6) is 0 Å². The fourth-order valence-corrected chi connectivity index (χ4v) is 6.84. The van der Waals surface area contributed by atoms with E-state index in [2.05, 4.69) is 22.6 Å². The molecular formula is C28H35F13O6. The van der Waals surface area contributed by atoms with E-state index in [1.165, 1.54) is 14.2 Å². The number of aliphatic hydroxyl groups is 2. The van der Waals surface area contributed by atoms with E-state index in [1.807, 2.05) is 0 Å². The molecule has 4 fully saturated rings. The van der Waals surface area contributed by atoms with Crippen molar-refractivity contribution in [3.8, 4) is 0 Å². The first-order chi connectivity index (χ1) is 21.1. The second-order valence-electron chi connectivity index (χ2n) is 11.6. The van der Waals surface area contributed by atoms with E-state index >= 15 is 0 Å². The van der Waals surface area contributed by atoms with Crippen molar-refractivity contribution in [3.05, 3.63) is 25.3 Å². The third-order valence-electron chi connectivity index (χ3n) is 9.07. The Morgan fingerprint density at radius 1 is 0.681 bits per heavy atom. The van der Waals surface area contributed by atoms with Crippen molar-refractivity contribution in [2.24, 2.45) is 29.6 Å². The molecule has 4 aliphatic rings. The minimum absolute atomic E-state index is 0.0228. The van der Waals surface area contributed by atoms with E-state index in [0.717, 1.165) is 12.2 Å². The standard InChI is InChI=1S/C10H11F7O.C10H12F6O.2C4H6O2/c11-7(4-5-1-2-6(7)3-5)8(18,9(12,13)14)10(15,16)17;11-9(12,13)8(17,10(14,15)16)7-4-5-1-2-6(7)3-5;2*1-3-4(5)6-2/h5-6,18H,1-4H2;5-7,17H,1-4H2;2*3H,1H2,2H3. The van der Waals surface area contributed by atoms with E-state index in [9.17, 15) is 71.8 Å². The van der Waals surface area contributed by atoms with Crippen LogP contribution in [0, 0.1) is 29.6 Å². The number of esters is 2. The van der Waals surface area contributed by atoms with Crippen LogP contribution in [-0.2, 0) is 19.1 Å². The number of carbonyl (C=O) groups excluding carboxylic acids is 2. The first kappa shape index (κ1) is 42.5. The van der Waals surface area contributed by atoms with Crippen molar-refractivity contribution in [2.75, 3.05) is 14.2 Å². The van der Waals surface area contributed by atoms with Gasteiger partial charge in [-0.1, -0.05) is 19.6 Å². The molecule has 0 aromatic carbocycles. The molecule has 4 saturated carbocycles. The Labute approximate surface area is 260 Å². The molecule has 6 unspecified atom stereocenters. The SMILES string of the molecule is C=CC(=O)OC.C=CC(=O)OC.OC(C(F)(F)F)(C(F)(F)F)C1(F)CC2CCC1C2.OC(C1CC2CCC1C2)(C(F)(F)F)C(F)(F)F. The van der Waals surface area contributed by atoms with E-state index < -0.39 is 83.6 Å². The number of ether oxygens (including phenoxy) is 2. The molecule has 0 amide bonds. The van der Waals surface area contributed by atoms with Crippen molar-refractivity contribution < 1.29 is 86.4 Å². The van der Waals surface area contributed by atoms with Gasteiger partial charge in [-0.2, -0.15) is 52.7 Å². The Bertz CT molecular complexity index is 1050. The minimum atomic E-state index is -6.08. The van der Waals surface area contributed by atoms with Gasteiger partial charge in [0.15, 0.2) is 5.67 Å². The molecule has 4 aliphatic carbocycles. The highest BCUT2D eigenvalue weighted by Crippen LogP contribution is 2.64. The van der Waals surface area contributed by atoms with E-state index in [-0.39, 0.29) is 25.2 Å². The average molecular weight is 715 g/mol. The monoisotopic (exact) mass is 714 g/mol. The quantitative estimate of drug-likeness (QED) is 0.180. The van der Waals surface area contributed by atoms with E-state index in [0.29, 0.717) is 25.7 Å². The summed E-state index contributed by atoms with van der Waals surface area (Å²) in [5.41, 5.74) is -13.5. The number of carbonyl (C=O) groups is 2. The lowest BCUT2D eigenvalue weighted by atomic mass is 9.72. The molecule has 6 nitrogen and oxygen atoms in total. The first-order valence-electron chi connectivity index (χ1n) is 13.9. The summed E-state index contributed by atoms with van der Waals surface area (Å²) in [4.78, 5) is 19.7. The molecule has 19 heteroatoms. The fraction of sp³-hybridized carbons (Fsp3) is 0.786. The second kappa shape index (κ2) is 14.9. The number of rotatable bonds is 4. The predicted octanol–water partition coefficient (Wildman–Crippen LogP) is 7.34. The van der Waals surface area contributed by atoms with Crippen LogP contribution >= 0.6 is 0 Å². The lowest BCUT2D eigenvalue weighted by Crippen LogP contribution is -2.70. The molecule has 0 spiro atoms. The third-order valence-corrected chi connectivity index (χ3v) is 9.07. The van der Waals surface area contributed by atoms with Crippen molar-refractivity contribution in [3.63, 3.8) is 0 Å². The summed E-state index contributed by atoms with van der Waals surface area (Å²) in [7, 11) is 2.62. The highest BCUT2D eigenvalue weighted by molar-refractivity contribution is 5.81. The summed E-state index contributed by atoms with van der Waals surface area (Å²) in [6, 6.07) is 0. The Morgan fingerprint density at radius 3 is 1.32 bits per heavy atom. The number of alkyl halides is 13. The number of hydrogen-bond donors (Lipinski definition) is 2. The van der Waals surface area contributed by atoms with Crippen molar-refractivity contribution in [1.82, 2.24) is 0 Å². The zero-order valence-corrected chi connectivity index (χ0v) is 25.1. The first-order valence-corrected chi connectivity index (χ1v) is 13.9. The maximum absolute atomic E-state index is 14.4. The minimum Gasteiger partial charge on any atom is -0.466 e. The van der Waals surface area contributed by atoms with Crippen LogP contribution in [0.3, 0.4) is 0 Å². The zero-order valence-electron chi connectivity index (χ0n) is 25.1. The van der Waals surface area contributed by atoms with Crippen LogP contribution in [0.25, 0.3) is 0 Å². The fourth-order valence-electron chi connectivity index (χ4n) is 6.84. The predicted molar refractivity (Wildman–Crippen MR) is 137 cm³/mol. The molecule has 6 atom stereocenters. The summed E-state index contributed by atoms with van der Waals surface area (Å²) in [5, 5.41) is 18.4. The van der Waals surface area contributed by atoms with Gasteiger partial charge in [0.05, 0.1) is 14.2 Å². The highest BCUT2D eigenvalue weighted by Gasteiger charge is 2.83. The van der Waals surface area contributed by atoms with Gasteiger partial charge in [0.2, 0.25) is 0 Å². The van der Waals surface area contributed by atoms with Gasteiger partial charge < -0.3 is 19.7 Å². The summed E-state index contributed by atoms with van der Waals surface area (Å²) in [5.74, 6) is -5.16. The number of hydrogen-bond acceptors (Lipinski definition) is 6. The molecule has 0 saturated heterocycles. The van der Waals surface area contributed by atoms with Crippen LogP contribution in [-0.4, -0.2) is 77.9 Å². The van der Waals surface area contributed by atoms with Crippen LogP contribution in [0.4, 0.5) is 57.1 Å². The maximum Gasteiger partial charge on any atom is 0.429 e. The van der Waals surface area contributed by atoms with Crippen LogP contribution in [0.2, 0.25) is 0 Å². The lowest BCUT2D eigenvalue weighted by molar-refractivity contribution is -0.408. The molecule has 0 aromatic rings. The number of fused-ring (bicyclic) bond motifs is 4. The Hall–Kier alpha value is -2.57. The number of halogens is 13. The molecule has 274 valence electrons. The molecule has 0 heterocycles. The molecule has 47 heavy (non-hydrogen) atoms. The Kier molecular flexibility index (Phi) is 13.5. The van der Waals surface area contributed by atoms with Gasteiger partial charge in [-0.25, -0.2) is 14.0 Å². The van der Waals surface area contributed by atoms with E-state index in [4.69, 9.17) is 5.11 Å². The normalized spacial score (nSPS) is 28.5. The highest BCUT2D eigenvalue weighted by atomic mass is 19.4. The maximum atomic E-state index is 14.4. The van der Waals surface area contributed by atoms with Crippen LogP contribution < -0.4 is 0 Å². The summed E-state index contributed by atoms with van der Waals surface area (Å²) < 4.78 is 174. The molecule has 2 N–H and O–H groups in total. The summed E-state index contributed by atoms with van der Waals surface area (Å²) in [6.45, 7) is 6.31. The van der Waals surface area contributed by atoms with Crippen molar-refractivity contribution in [2.45, 2.75) is 92.9 Å². The topological polar surface area (TPSA) is 93.1 Å². The van der Waals surface area contributed by atoms with Gasteiger partial charge in [-0.05, 0) is 68.6 Å². The van der Waals surface area contributed by atoms with Gasteiger partial charge in [0, 0.05) is 18.1 Å². The van der Waals surface area contributed by atoms with Gasteiger partial charge in [0.1, 0.15) is 0 Å². The summed E-state index contributed by atoms with van der Waals surface area (Å²) in [6.07, 6.45) is -20.6. The van der Waals surface area contributed by atoms with Gasteiger partial charge in [0.25, 0.3) is 11.2 Å². The van der Waals surface area contributed by atoms with E-state index in [1.54, 1.807) is 0 Å². The third kappa shape index (κ3) is 8.54. The van der Waals surface area contributed by atoms with Gasteiger partial charge in [-0.15, -0.1) is 0 Å². The molecule has 0 aromatic heterocycles. The zero-order chi connectivity index (χ0) is 37.0. The number of methoxy groups -OCH3 is 2. The molecule has 4 rings (SSSR count). The molecule has 4 bridgehead atoms. The van der Waals surface area contributed by atoms with Gasteiger partial charge in [-0.3, -0.25) is 0 Å².